The highest BCUT2D eigenvalue weighted by Gasteiger charge is 2.28. The standard InChI is InChI=1S/C36H62NO10P/c1-3-5-7-9-11-13-14-15-16-17-18-20-21-23-25-27-34(38)44-29-32(30-45-48(42,43)46-31-33(37)36(40)41)47-35(39)28-26-24-22-19-12-10-8-6-4-2/h5,7,11,13,15-16,18,20,32-33H,3-4,6,8-10,12,14,17,19,21-31,37H2,1-2H3,(H,40,41)(H,42,43)/b7-5+,13-11+,16-15+,20-18+/t32-,33+/m0/s1. The molecule has 0 aromatic heterocycles. The summed E-state index contributed by atoms with van der Waals surface area (Å²) in [6, 6.07) is -1.53. The van der Waals surface area contributed by atoms with Crippen molar-refractivity contribution in [1.82, 2.24) is 0 Å². The van der Waals surface area contributed by atoms with Gasteiger partial charge in [0.15, 0.2) is 6.10 Å². The third kappa shape index (κ3) is 30.8. The molecule has 48 heavy (non-hydrogen) atoms. The van der Waals surface area contributed by atoms with E-state index in [0.29, 0.717) is 12.8 Å². The Hall–Kier alpha value is -2.56. The molecule has 0 heterocycles. The minimum Gasteiger partial charge on any atom is -0.480 e. The molecule has 276 valence electrons. The zero-order valence-corrected chi connectivity index (χ0v) is 30.2. The minimum atomic E-state index is -4.71. The maximum Gasteiger partial charge on any atom is 0.472 e. The fraction of sp³-hybridized carbons (Fsp3) is 0.694. The van der Waals surface area contributed by atoms with Gasteiger partial charge in [0.25, 0.3) is 0 Å². The number of carbonyl (C=O) groups is 3. The maximum atomic E-state index is 12.5. The first kappa shape index (κ1) is 45.4. The van der Waals surface area contributed by atoms with Gasteiger partial charge in [-0.3, -0.25) is 23.4 Å². The minimum absolute atomic E-state index is 0.151. The summed E-state index contributed by atoms with van der Waals surface area (Å²) in [6.45, 7) is 2.58. The summed E-state index contributed by atoms with van der Waals surface area (Å²) in [7, 11) is -4.71. The molecule has 0 rings (SSSR count). The summed E-state index contributed by atoms with van der Waals surface area (Å²) in [5.74, 6) is -2.44. The summed E-state index contributed by atoms with van der Waals surface area (Å²) >= 11 is 0. The number of hydrogen-bond acceptors (Lipinski definition) is 9. The third-order valence-electron chi connectivity index (χ3n) is 7.09. The number of carboxylic acids is 1. The van der Waals surface area contributed by atoms with Gasteiger partial charge >= 0.3 is 25.7 Å². The molecule has 0 aliphatic rings. The van der Waals surface area contributed by atoms with Crippen LogP contribution >= 0.6 is 7.82 Å². The summed E-state index contributed by atoms with van der Waals surface area (Å²) in [5.41, 5.74) is 5.30. The normalized spacial score (nSPS) is 14.6. The second kappa shape index (κ2) is 31.7. The molecule has 0 aromatic rings. The first-order valence-corrected chi connectivity index (χ1v) is 19.2. The Morgan fingerprint density at radius 2 is 1.17 bits per heavy atom. The van der Waals surface area contributed by atoms with Gasteiger partial charge < -0.3 is 25.2 Å². The molecule has 4 N–H and O–H groups in total. The van der Waals surface area contributed by atoms with Crippen LogP contribution in [-0.2, 0) is 37.5 Å². The number of unbranched alkanes of at least 4 members (excludes halogenated alkanes) is 10. The number of aliphatic carboxylic acids is 1. The van der Waals surface area contributed by atoms with Gasteiger partial charge in [-0.25, -0.2) is 4.57 Å². The van der Waals surface area contributed by atoms with E-state index in [9.17, 15) is 23.8 Å². The molecule has 0 aliphatic heterocycles. The number of phosphoric ester groups is 1. The maximum absolute atomic E-state index is 12.5. The Labute approximate surface area is 288 Å². The molecule has 3 atom stereocenters. The van der Waals surface area contributed by atoms with Gasteiger partial charge in [-0.15, -0.1) is 0 Å². The smallest absolute Gasteiger partial charge is 0.472 e. The topological polar surface area (TPSA) is 172 Å². The summed E-state index contributed by atoms with van der Waals surface area (Å²) in [6.07, 6.45) is 32.0. The van der Waals surface area contributed by atoms with Gasteiger partial charge in [-0.1, -0.05) is 114 Å². The second-order valence-corrected chi connectivity index (χ2v) is 13.1. The molecule has 12 heteroatoms. The summed E-state index contributed by atoms with van der Waals surface area (Å²) in [5, 5.41) is 8.83. The number of carbonyl (C=O) groups excluding carboxylic acids is 2. The number of allylic oxidation sites excluding steroid dienone is 8. The van der Waals surface area contributed by atoms with Crippen LogP contribution in [0.2, 0.25) is 0 Å². The number of hydrogen-bond donors (Lipinski definition) is 3. The number of carboxylic acid groups (broad SMARTS) is 1. The highest BCUT2D eigenvalue weighted by Crippen LogP contribution is 2.43. The number of nitrogens with two attached hydrogens (primary N) is 1. The van der Waals surface area contributed by atoms with Crippen LogP contribution in [-0.4, -0.2) is 59.9 Å². The molecule has 0 aliphatic carbocycles. The van der Waals surface area contributed by atoms with Gasteiger partial charge in [0, 0.05) is 12.8 Å². The predicted molar refractivity (Wildman–Crippen MR) is 189 cm³/mol. The molecular formula is C36H62NO10P. The average Bonchev–Trinajstić information content (AvgIpc) is 3.05. The number of rotatable bonds is 32. The first-order valence-electron chi connectivity index (χ1n) is 17.7. The predicted octanol–water partition coefficient (Wildman–Crippen LogP) is 8.27. The molecule has 0 spiro atoms. The van der Waals surface area contributed by atoms with Crippen LogP contribution in [0.15, 0.2) is 48.6 Å². The number of esters is 2. The molecule has 0 amide bonds. The Bertz CT molecular complexity index is 1010. The van der Waals surface area contributed by atoms with Crippen LogP contribution < -0.4 is 5.73 Å². The van der Waals surface area contributed by atoms with E-state index >= 15 is 0 Å². The van der Waals surface area contributed by atoms with Crippen LogP contribution in [0.25, 0.3) is 0 Å². The van der Waals surface area contributed by atoms with Crippen LogP contribution in [0.3, 0.4) is 0 Å². The van der Waals surface area contributed by atoms with E-state index < -0.39 is 51.1 Å². The van der Waals surface area contributed by atoms with Gasteiger partial charge in [0.1, 0.15) is 12.6 Å². The van der Waals surface area contributed by atoms with E-state index in [0.717, 1.165) is 57.8 Å². The number of phosphoric acid groups is 1. The number of ether oxygens (including phenoxy) is 2. The van der Waals surface area contributed by atoms with Crippen molar-refractivity contribution in [2.24, 2.45) is 5.73 Å². The summed E-state index contributed by atoms with van der Waals surface area (Å²) in [4.78, 5) is 45.5. The van der Waals surface area contributed by atoms with Crippen molar-refractivity contribution in [3.8, 4) is 0 Å². The Morgan fingerprint density at radius 1 is 0.667 bits per heavy atom. The molecule has 11 nitrogen and oxygen atoms in total. The van der Waals surface area contributed by atoms with Crippen molar-refractivity contribution in [3.05, 3.63) is 48.6 Å². The molecule has 1 unspecified atom stereocenters. The van der Waals surface area contributed by atoms with Crippen LogP contribution in [0.1, 0.15) is 129 Å². The van der Waals surface area contributed by atoms with Crippen LogP contribution in [0.5, 0.6) is 0 Å². The summed E-state index contributed by atoms with van der Waals surface area (Å²) < 4.78 is 32.4. The van der Waals surface area contributed by atoms with E-state index in [1.807, 2.05) is 0 Å². The SMILES string of the molecule is CC/C=C/C/C=C/C/C=C/C/C=C/CCCCC(=O)OC[C@@H](COP(=O)(O)OC[C@@H](N)C(=O)O)OC(=O)CCCCCCCCCCC. The lowest BCUT2D eigenvalue weighted by molar-refractivity contribution is -0.161. The van der Waals surface area contributed by atoms with Gasteiger partial charge in [-0.05, 0) is 51.4 Å². The largest absolute Gasteiger partial charge is 0.480 e. The van der Waals surface area contributed by atoms with Gasteiger partial charge in [-0.2, -0.15) is 0 Å². The molecule has 0 bridgehead atoms. The quantitative estimate of drug-likeness (QED) is 0.0267. The fourth-order valence-electron chi connectivity index (χ4n) is 4.29. The van der Waals surface area contributed by atoms with Crippen molar-refractivity contribution < 1.29 is 47.5 Å². The van der Waals surface area contributed by atoms with E-state index in [1.54, 1.807) is 0 Å². The molecule has 0 aromatic carbocycles. The fourth-order valence-corrected chi connectivity index (χ4v) is 5.07. The molecule has 0 saturated heterocycles. The molecule has 0 saturated carbocycles. The van der Waals surface area contributed by atoms with E-state index in [1.165, 1.54) is 32.1 Å². The van der Waals surface area contributed by atoms with Crippen molar-refractivity contribution in [2.75, 3.05) is 19.8 Å². The lowest BCUT2D eigenvalue weighted by Gasteiger charge is -2.20. The van der Waals surface area contributed by atoms with Crippen molar-refractivity contribution in [3.63, 3.8) is 0 Å². The average molecular weight is 700 g/mol. The van der Waals surface area contributed by atoms with E-state index in [-0.39, 0.29) is 19.4 Å². The van der Waals surface area contributed by atoms with E-state index in [2.05, 4.69) is 67.0 Å². The monoisotopic (exact) mass is 699 g/mol. The highest BCUT2D eigenvalue weighted by atomic mass is 31.2. The first-order chi connectivity index (χ1) is 23.1. The van der Waals surface area contributed by atoms with Gasteiger partial charge in [0.05, 0.1) is 13.2 Å². The Kier molecular flexibility index (Phi) is 30.0. The highest BCUT2D eigenvalue weighted by molar-refractivity contribution is 7.47. The lowest BCUT2D eigenvalue weighted by Crippen LogP contribution is -2.34. The molecule has 0 radical (unpaired) electrons. The van der Waals surface area contributed by atoms with Crippen LogP contribution in [0.4, 0.5) is 0 Å². The molecular weight excluding hydrogens is 637 g/mol. The third-order valence-corrected chi connectivity index (χ3v) is 8.04. The van der Waals surface area contributed by atoms with E-state index in [4.69, 9.17) is 24.8 Å². The van der Waals surface area contributed by atoms with Gasteiger partial charge in [0.2, 0.25) is 0 Å². The Morgan fingerprint density at radius 3 is 1.75 bits per heavy atom. The van der Waals surface area contributed by atoms with Crippen molar-refractivity contribution in [1.29, 1.82) is 0 Å². The zero-order chi connectivity index (χ0) is 35.7. The second-order valence-electron chi connectivity index (χ2n) is 11.6. The van der Waals surface area contributed by atoms with Crippen molar-refractivity contribution >= 4 is 25.7 Å². The zero-order valence-electron chi connectivity index (χ0n) is 29.3. The lowest BCUT2D eigenvalue weighted by atomic mass is 10.1. The van der Waals surface area contributed by atoms with Crippen LogP contribution in [0, 0.1) is 0 Å². The molecule has 0 fully saturated rings. The van der Waals surface area contributed by atoms with Crippen molar-refractivity contribution in [2.45, 2.75) is 142 Å². The Balaban J connectivity index is 4.54.